The number of amides is 1. The maximum absolute atomic E-state index is 11.3. The summed E-state index contributed by atoms with van der Waals surface area (Å²) in [6, 6.07) is 7.49. The average molecular weight is 291 g/mol. The van der Waals surface area contributed by atoms with Crippen molar-refractivity contribution in [3.05, 3.63) is 40.3 Å². The van der Waals surface area contributed by atoms with Crippen molar-refractivity contribution in [2.24, 2.45) is 0 Å². The molecule has 2 N–H and O–H groups in total. The summed E-state index contributed by atoms with van der Waals surface area (Å²) in [4.78, 5) is 16.7. The fraction of sp³-hybridized carbons (Fsp3) is 0.286. The first-order chi connectivity index (χ1) is 9.69. The van der Waals surface area contributed by atoms with Gasteiger partial charge in [0.1, 0.15) is 0 Å². The summed E-state index contributed by atoms with van der Waals surface area (Å²) in [5, 5.41) is 5.97. The van der Waals surface area contributed by atoms with Crippen molar-refractivity contribution < 1.29 is 9.53 Å². The third-order valence-corrected chi connectivity index (χ3v) is 3.64. The van der Waals surface area contributed by atoms with Gasteiger partial charge < -0.3 is 10.1 Å². The normalized spacial score (nSPS) is 10.1. The summed E-state index contributed by atoms with van der Waals surface area (Å²) in [7, 11) is 0. The molecule has 1 amide bonds. The fourth-order valence-corrected chi connectivity index (χ4v) is 2.35. The summed E-state index contributed by atoms with van der Waals surface area (Å²) in [5.41, 5.74) is 4.61. The van der Waals surface area contributed by atoms with Crippen LogP contribution in [-0.2, 0) is 11.3 Å². The SMILES string of the molecule is CCOC(=O)Nc1ccc(NCc2scnc2C)cc1. The van der Waals surface area contributed by atoms with Crippen molar-refractivity contribution >= 4 is 28.8 Å². The molecule has 2 rings (SSSR count). The zero-order valence-corrected chi connectivity index (χ0v) is 12.3. The second-order valence-electron chi connectivity index (χ2n) is 4.14. The maximum atomic E-state index is 11.3. The Morgan fingerprint density at radius 2 is 2.00 bits per heavy atom. The molecule has 0 spiro atoms. The van der Waals surface area contributed by atoms with Gasteiger partial charge in [-0.25, -0.2) is 9.78 Å². The zero-order valence-electron chi connectivity index (χ0n) is 11.5. The van der Waals surface area contributed by atoms with E-state index < -0.39 is 6.09 Å². The number of hydrogen-bond donors (Lipinski definition) is 2. The van der Waals surface area contributed by atoms with Crippen LogP contribution in [0.1, 0.15) is 17.5 Å². The van der Waals surface area contributed by atoms with Gasteiger partial charge in [0.2, 0.25) is 0 Å². The summed E-state index contributed by atoms with van der Waals surface area (Å²) < 4.78 is 4.81. The van der Waals surface area contributed by atoms with Crippen LogP contribution in [0.5, 0.6) is 0 Å². The van der Waals surface area contributed by atoms with Crippen molar-refractivity contribution in [2.75, 3.05) is 17.2 Å². The number of rotatable bonds is 5. The standard InChI is InChI=1S/C14H17N3O2S/c1-3-19-14(18)17-12-6-4-11(5-7-12)15-8-13-10(2)16-9-20-13/h4-7,9,15H,3,8H2,1-2H3,(H,17,18). The number of hydrogen-bond acceptors (Lipinski definition) is 5. The summed E-state index contributed by atoms with van der Waals surface area (Å²) in [6.07, 6.45) is -0.437. The Balaban J connectivity index is 1.88. The lowest BCUT2D eigenvalue weighted by Gasteiger charge is -2.08. The Labute approximate surface area is 122 Å². The number of benzene rings is 1. The van der Waals surface area contributed by atoms with Crippen molar-refractivity contribution in [3.63, 3.8) is 0 Å². The van der Waals surface area contributed by atoms with Crippen LogP contribution in [0.2, 0.25) is 0 Å². The second-order valence-corrected chi connectivity index (χ2v) is 5.08. The molecule has 1 aromatic heterocycles. The molecule has 1 heterocycles. The van der Waals surface area contributed by atoms with E-state index in [4.69, 9.17) is 4.74 Å². The molecule has 0 atom stereocenters. The van der Waals surface area contributed by atoms with E-state index in [1.54, 1.807) is 18.3 Å². The van der Waals surface area contributed by atoms with E-state index in [-0.39, 0.29) is 0 Å². The number of anilines is 2. The van der Waals surface area contributed by atoms with E-state index in [0.717, 1.165) is 17.9 Å². The first-order valence-corrected chi connectivity index (χ1v) is 7.23. The highest BCUT2D eigenvalue weighted by molar-refractivity contribution is 7.09. The van der Waals surface area contributed by atoms with Crippen molar-refractivity contribution in [3.8, 4) is 0 Å². The molecule has 0 aliphatic rings. The maximum Gasteiger partial charge on any atom is 0.411 e. The number of aromatic nitrogens is 1. The van der Waals surface area contributed by atoms with Gasteiger partial charge in [0.05, 0.1) is 24.4 Å². The van der Waals surface area contributed by atoms with Crippen LogP contribution < -0.4 is 10.6 Å². The Morgan fingerprint density at radius 3 is 2.60 bits per heavy atom. The molecule has 106 valence electrons. The number of thiazole rings is 1. The molecule has 0 saturated heterocycles. The molecule has 2 aromatic rings. The highest BCUT2D eigenvalue weighted by atomic mass is 32.1. The quantitative estimate of drug-likeness (QED) is 0.883. The van der Waals surface area contributed by atoms with E-state index in [2.05, 4.69) is 15.6 Å². The van der Waals surface area contributed by atoms with Crippen LogP contribution >= 0.6 is 11.3 Å². The Bertz CT molecular complexity index is 566. The van der Waals surface area contributed by atoms with Crippen molar-refractivity contribution in [1.29, 1.82) is 0 Å². The predicted octanol–water partition coefficient (Wildman–Crippen LogP) is 3.63. The lowest BCUT2D eigenvalue weighted by Crippen LogP contribution is -2.13. The van der Waals surface area contributed by atoms with Crippen LogP contribution in [0, 0.1) is 6.92 Å². The Hall–Kier alpha value is -2.08. The van der Waals surface area contributed by atoms with E-state index in [9.17, 15) is 4.79 Å². The molecule has 0 fully saturated rings. The highest BCUT2D eigenvalue weighted by Gasteiger charge is 2.03. The molecule has 20 heavy (non-hydrogen) atoms. The molecule has 0 aliphatic carbocycles. The van der Waals surface area contributed by atoms with Gasteiger partial charge in [-0.05, 0) is 38.1 Å². The first kappa shape index (κ1) is 14.3. The molecule has 0 unspecified atom stereocenters. The van der Waals surface area contributed by atoms with Crippen LogP contribution in [0.3, 0.4) is 0 Å². The Morgan fingerprint density at radius 1 is 1.30 bits per heavy atom. The first-order valence-electron chi connectivity index (χ1n) is 6.35. The number of ether oxygens (including phenoxy) is 1. The topological polar surface area (TPSA) is 63.2 Å². The molecule has 1 aromatic carbocycles. The van der Waals surface area contributed by atoms with Crippen LogP contribution in [-0.4, -0.2) is 17.7 Å². The van der Waals surface area contributed by atoms with Crippen molar-refractivity contribution in [1.82, 2.24) is 4.98 Å². The monoisotopic (exact) mass is 291 g/mol. The highest BCUT2D eigenvalue weighted by Crippen LogP contribution is 2.17. The van der Waals surface area contributed by atoms with Gasteiger partial charge >= 0.3 is 6.09 Å². The molecule has 0 radical (unpaired) electrons. The average Bonchev–Trinajstić information content (AvgIpc) is 2.84. The number of carbonyl (C=O) groups excluding carboxylic acids is 1. The molecule has 0 bridgehead atoms. The van der Waals surface area contributed by atoms with Gasteiger partial charge in [0.25, 0.3) is 0 Å². The lowest BCUT2D eigenvalue weighted by molar-refractivity contribution is 0.168. The van der Waals surface area contributed by atoms with Gasteiger partial charge in [-0.1, -0.05) is 0 Å². The van der Waals surface area contributed by atoms with Crippen molar-refractivity contribution in [2.45, 2.75) is 20.4 Å². The fourth-order valence-electron chi connectivity index (χ4n) is 1.63. The molecule has 6 heteroatoms. The third-order valence-electron chi connectivity index (χ3n) is 2.70. The van der Waals surface area contributed by atoms with Gasteiger partial charge in [0, 0.05) is 16.3 Å². The lowest BCUT2D eigenvalue weighted by atomic mass is 10.2. The zero-order chi connectivity index (χ0) is 14.4. The molecule has 5 nitrogen and oxygen atoms in total. The van der Waals surface area contributed by atoms with Gasteiger partial charge in [0.15, 0.2) is 0 Å². The smallest absolute Gasteiger partial charge is 0.411 e. The Kier molecular flexibility index (Phi) is 4.95. The van der Waals surface area contributed by atoms with E-state index in [1.807, 2.05) is 36.7 Å². The largest absolute Gasteiger partial charge is 0.450 e. The van der Waals surface area contributed by atoms with E-state index in [1.165, 1.54) is 4.88 Å². The number of aryl methyl sites for hydroxylation is 1. The van der Waals surface area contributed by atoms with Gasteiger partial charge in [-0.15, -0.1) is 11.3 Å². The molecule has 0 saturated carbocycles. The summed E-state index contributed by atoms with van der Waals surface area (Å²) in [6.45, 7) is 4.88. The molecule has 0 aliphatic heterocycles. The van der Waals surface area contributed by atoms with E-state index in [0.29, 0.717) is 12.3 Å². The van der Waals surface area contributed by atoms with Gasteiger partial charge in [-0.3, -0.25) is 5.32 Å². The van der Waals surface area contributed by atoms with E-state index >= 15 is 0 Å². The number of nitrogens with one attached hydrogen (secondary N) is 2. The minimum Gasteiger partial charge on any atom is -0.450 e. The predicted molar refractivity (Wildman–Crippen MR) is 81.3 cm³/mol. The summed E-state index contributed by atoms with van der Waals surface area (Å²) in [5.74, 6) is 0. The van der Waals surface area contributed by atoms with Crippen LogP contribution in [0.4, 0.5) is 16.2 Å². The number of carbonyl (C=O) groups is 1. The van der Waals surface area contributed by atoms with Crippen LogP contribution in [0.25, 0.3) is 0 Å². The van der Waals surface area contributed by atoms with Crippen LogP contribution in [0.15, 0.2) is 29.8 Å². The third kappa shape index (κ3) is 3.96. The molecular weight excluding hydrogens is 274 g/mol. The summed E-state index contributed by atoms with van der Waals surface area (Å²) >= 11 is 1.64. The van der Waals surface area contributed by atoms with Gasteiger partial charge in [-0.2, -0.15) is 0 Å². The minimum atomic E-state index is -0.437. The minimum absolute atomic E-state index is 0.361. The number of nitrogens with zero attached hydrogens (tertiary/aromatic N) is 1. The molecular formula is C14H17N3O2S. The second kappa shape index (κ2) is 6.91.